The van der Waals surface area contributed by atoms with Crippen molar-refractivity contribution in [2.75, 3.05) is 39.3 Å². The minimum absolute atomic E-state index is 0.0221. The van der Waals surface area contributed by atoms with Crippen LogP contribution in [-0.2, 0) is 9.59 Å². The third-order valence-electron chi connectivity index (χ3n) is 6.81. The molecule has 8 heteroatoms. The summed E-state index contributed by atoms with van der Waals surface area (Å²) in [5, 5.41) is 10.7. The van der Waals surface area contributed by atoms with Crippen LogP contribution in [0.3, 0.4) is 0 Å². The van der Waals surface area contributed by atoms with Crippen molar-refractivity contribution in [2.45, 2.75) is 69.7 Å². The largest absolute Gasteiger partial charge is 0.390 e. The van der Waals surface area contributed by atoms with Crippen molar-refractivity contribution in [2.24, 2.45) is 17.4 Å². The van der Waals surface area contributed by atoms with E-state index in [1.807, 2.05) is 0 Å². The van der Waals surface area contributed by atoms with Crippen LogP contribution in [0.1, 0.15) is 45.4 Å². The molecule has 2 unspecified atom stereocenters. The van der Waals surface area contributed by atoms with Gasteiger partial charge >= 0.3 is 0 Å². The predicted octanol–water partition coefficient (Wildman–Crippen LogP) is -0.653. The van der Waals surface area contributed by atoms with Gasteiger partial charge in [0.15, 0.2) is 0 Å². The quantitative estimate of drug-likeness (QED) is 0.503. The average Bonchev–Trinajstić information content (AvgIpc) is 2.87. The molecule has 28 heavy (non-hydrogen) atoms. The number of nitrogens with zero attached hydrogens (tertiary/aromatic N) is 3. The molecule has 3 fully saturated rings. The second-order valence-corrected chi connectivity index (χ2v) is 8.97. The molecule has 0 spiro atoms. The number of aliphatic hydroxyl groups excluding tert-OH is 1. The first kappa shape index (κ1) is 21.5. The van der Waals surface area contributed by atoms with E-state index >= 15 is 0 Å². The maximum absolute atomic E-state index is 12.1. The molecule has 3 aliphatic rings. The molecule has 2 bridgehead atoms. The number of primary amides is 1. The second-order valence-electron chi connectivity index (χ2n) is 8.97. The van der Waals surface area contributed by atoms with E-state index in [2.05, 4.69) is 9.80 Å². The molecule has 0 aliphatic carbocycles. The number of carbonyl (C=O) groups excluding carboxylic acids is 2. The Bertz CT molecular complexity index is 546. The molecule has 0 aromatic heterocycles. The first-order chi connectivity index (χ1) is 13.3. The van der Waals surface area contributed by atoms with E-state index in [1.165, 1.54) is 0 Å². The Labute approximate surface area is 168 Å². The Morgan fingerprint density at radius 2 is 1.89 bits per heavy atom. The lowest BCUT2D eigenvalue weighted by atomic mass is 9.97. The highest BCUT2D eigenvalue weighted by Crippen LogP contribution is 2.35. The fourth-order valence-corrected chi connectivity index (χ4v) is 5.30. The Hall–Kier alpha value is -1.22. The number of hydrogen-bond acceptors (Lipinski definition) is 6. The molecule has 3 heterocycles. The monoisotopic (exact) mass is 395 g/mol. The predicted molar refractivity (Wildman–Crippen MR) is 107 cm³/mol. The Morgan fingerprint density at radius 1 is 1.21 bits per heavy atom. The van der Waals surface area contributed by atoms with Gasteiger partial charge < -0.3 is 26.4 Å². The number of hydrogen-bond donors (Lipinski definition) is 3. The molecule has 8 nitrogen and oxygen atoms in total. The van der Waals surface area contributed by atoms with E-state index in [4.69, 9.17) is 11.5 Å². The van der Waals surface area contributed by atoms with Crippen molar-refractivity contribution < 1.29 is 14.7 Å². The van der Waals surface area contributed by atoms with Crippen LogP contribution in [0.25, 0.3) is 0 Å². The molecule has 0 radical (unpaired) electrons. The molecule has 5 atom stereocenters. The van der Waals surface area contributed by atoms with Crippen LogP contribution in [0.5, 0.6) is 0 Å². The number of fused-ring (bicyclic) bond motifs is 2. The standard InChI is InChI=1S/C20H37N5O3/c1-14(26)24(8-7-23-6-2-3-15(11-23)20(22)28)12-19(27)13-25-17-4-5-18(25)10-16(21)9-17/h15-19,27H,2-13,21H2,1H3,(H2,22,28)/t15-,16?,17-,18+,19?/m1/s1. The SMILES string of the molecule is CC(=O)N(CCN1CCC[C@@H](C(N)=O)C1)CC(O)CN1[C@@H]2CC[C@H]1CC(N)C2. The van der Waals surface area contributed by atoms with Crippen LogP contribution in [0.2, 0.25) is 0 Å². The molecule has 3 rings (SSSR count). The van der Waals surface area contributed by atoms with E-state index in [0.717, 1.165) is 45.1 Å². The van der Waals surface area contributed by atoms with Crippen LogP contribution in [0.4, 0.5) is 0 Å². The maximum atomic E-state index is 12.1. The fourth-order valence-electron chi connectivity index (χ4n) is 5.30. The summed E-state index contributed by atoms with van der Waals surface area (Å²) in [4.78, 5) is 29.9. The smallest absolute Gasteiger partial charge is 0.221 e. The number of aliphatic hydroxyl groups is 1. The number of rotatable bonds is 8. The number of likely N-dealkylation sites (tertiary alicyclic amines) is 1. The lowest BCUT2D eigenvalue weighted by Crippen LogP contribution is -2.52. The number of nitrogens with two attached hydrogens (primary N) is 2. The third-order valence-corrected chi connectivity index (χ3v) is 6.81. The van der Waals surface area contributed by atoms with Crippen molar-refractivity contribution in [3.63, 3.8) is 0 Å². The molecule has 0 saturated carbocycles. The lowest BCUT2D eigenvalue weighted by Gasteiger charge is -2.39. The molecule has 0 aromatic rings. The minimum Gasteiger partial charge on any atom is -0.390 e. The Kier molecular flexibility index (Phi) is 7.31. The molecule has 3 aliphatic heterocycles. The van der Waals surface area contributed by atoms with Gasteiger partial charge in [-0.1, -0.05) is 0 Å². The zero-order chi connectivity index (χ0) is 20.3. The Morgan fingerprint density at radius 3 is 2.50 bits per heavy atom. The van der Waals surface area contributed by atoms with Crippen LogP contribution < -0.4 is 11.5 Å². The zero-order valence-electron chi connectivity index (χ0n) is 17.1. The topological polar surface area (TPSA) is 116 Å². The first-order valence-corrected chi connectivity index (χ1v) is 10.8. The van der Waals surface area contributed by atoms with Crippen molar-refractivity contribution in [1.29, 1.82) is 0 Å². The highest BCUT2D eigenvalue weighted by atomic mass is 16.3. The first-order valence-electron chi connectivity index (χ1n) is 10.8. The molecule has 2 amide bonds. The number of carbonyl (C=O) groups is 2. The summed E-state index contributed by atoms with van der Waals surface area (Å²) in [7, 11) is 0. The van der Waals surface area contributed by atoms with E-state index < -0.39 is 6.10 Å². The van der Waals surface area contributed by atoms with Crippen molar-refractivity contribution in [3.8, 4) is 0 Å². The minimum atomic E-state index is -0.555. The van der Waals surface area contributed by atoms with Crippen LogP contribution in [0, 0.1) is 5.92 Å². The highest BCUT2D eigenvalue weighted by molar-refractivity contribution is 5.77. The fraction of sp³-hybridized carbons (Fsp3) is 0.900. The van der Waals surface area contributed by atoms with Gasteiger partial charge in [0.05, 0.1) is 12.0 Å². The summed E-state index contributed by atoms with van der Waals surface area (Å²) in [6.45, 7) is 5.38. The van der Waals surface area contributed by atoms with E-state index in [9.17, 15) is 14.7 Å². The van der Waals surface area contributed by atoms with Gasteiger partial charge in [0.1, 0.15) is 0 Å². The normalized spacial score (nSPS) is 32.2. The van der Waals surface area contributed by atoms with Crippen molar-refractivity contribution in [1.82, 2.24) is 14.7 Å². The van der Waals surface area contributed by atoms with Crippen molar-refractivity contribution >= 4 is 11.8 Å². The van der Waals surface area contributed by atoms with Crippen LogP contribution >= 0.6 is 0 Å². The molecule has 5 N–H and O–H groups in total. The molecular formula is C20H37N5O3. The van der Waals surface area contributed by atoms with Gasteiger partial charge in [-0.15, -0.1) is 0 Å². The number of piperidine rings is 2. The van der Waals surface area contributed by atoms with Gasteiger partial charge in [0, 0.05) is 57.8 Å². The highest BCUT2D eigenvalue weighted by Gasteiger charge is 2.40. The van der Waals surface area contributed by atoms with Crippen LogP contribution in [-0.4, -0.2) is 95.1 Å². The summed E-state index contributed by atoms with van der Waals surface area (Å²) >= 11 is 0. The summed E-state index contributed by atoms with van der Waals surface area (Å²) in [6, 6.07) is 1.25. The third kappa shape index (κ3) is 5.43. The summed E-state index contributed by atoms with van der Waals surface area (Å²) in [5.41, 5.74) is 11.6. The van der Waals surface area contributed by atoms with Gasteiger partial charge in [-0.25, -0.2) is 0 Å². The number of amides is 2. The van der Waals surface area contributed by atoms with E-state index in [1.54, 1.807) is 11.8 Å². The van der Waals surface area contributed by atoms with Gasteiger partial charge in [0.2, 0.25) is 11.8 Å². The lowest BCUT2D eigenvalue weighted by molar-refractivity contribution is -0.131. The van der Waals surface area contributed by atoms with E-state index in [-0.39, 0.29) is 23.8 Å². The van der Waals surface area contributed by atoms with Gasteiger partial charge in [-0.3, -0.25) is 14.5 Å². The second kappa shape index (κ2) is 9.52. The maximum Gasteiger partial charge on any atom is 0.221 e. The van der Waals surface area contributed by atoms with E-state index in [0.29, 0.717) is 44.8 Å². The molecule has 0 aromatic carbocycles. The zero-order valence-corrected chi connectivity index (χ0v) is 17.1. The molecule has 3 saturated heterocycles. The van der Waals surface area contributed by atoms with Crippen molar-refractivity contribution in [3.05, 3.63) is 0 Å². The Balaban J connectivity index is 1.46. The van der Waals surface area contributed by atoms with Gasteiger partial charge in [-0.05, 0) is 45.1 Å². The summed E-state index contributed by atoms with van der Waals surface area (Å²) in [5.74, 6) is -0.350. The van der Waals surface area contributed by atoms with Crippen LogP contribution in [0.15, 0.2) is 0 Å². The van der Waals surface area contributed by atoms with Gasteiger partial charge in [0.25, 0.3) is 0 Å². The molecule has 160 valence electrons. The summed E-state index contributed by atoms with van der Waals surface area (Å²) < 4.78 is 0. The average molecular weight is 396 g/mol. The van der Waals surface area contributed by atoms with Gasteiger partial charge in [-0.2, -0.15) is 0 Å². The molecular weight excluding hydrogens is 358 g/mol. The summed E-state index contributed by atoms with van der Waals surface area (Å²) in [6.07, 6.45) is 5.60.